The highest BCUT2D eigenvalue weighted by Crippen LogP contribution is 2.43. The number of nitrogens with one attached hydrogen (secondary N) is 2. The van der Waals surface area contributed by atoms with Gasteiger partial charge in [-0.15, -0.1) is 11.3 Å². The van der Waals surface area contributed by atoms with Crippen LogP contribution in [0.15, 0.2) is 191 Å². The number of fused-ring (bicyclic) bond motifs is 9. The van der Waals surface area contributed by atoms with Gasteiger partial charge in [0.15, 0.2) is 0 Å². The number of furan rings is 1. The van der Waals surface area contributed by atoms with E-state index in [2.05, 4.69) is 191 Å². The molecule has 57 heavy (non-hydrogen) atoms. The third kappa shape index (κ3) is 5.15. The second-order valence-corrected chi connectivity index (χ2v) is 15.9. The quantitative estimate of drug-likeness (QED) is 0.184. The van der Waals surface area contributed by atoms with E-state index in [4.69, 9.17) is 9.41 Å². The molecule has 1 aliphatic rings. The van der Waals surface area contributed by atoms with Gasteiger partial charge in [-0.2, -0.15) is 0 Å². The summed E-state index contributed by atoms with van der Waals surface area (Å²) < 4.78 is 11.7. The van der Waals surface area contributed by atoms with Crippen LogP contribution in [0.2, 0.25) is 0 Å². The highest BCUT2D eigenvalue weighted by atomic mass is 32.1. The molecule has 0 aliphatic carbocycles. The van der Waals surface area contributed by atoms with E-state index in [1.54, 1.807) is 0 Å². The van der Waals surface area contributed by atoms with Crippen molar-refractivity contribution in [3.63, 3.8) is 0 Å². The van der Waals surface area contributed by atoms with Crippen LogP contribution in [-0.4, -0.2) is 10.4 Å². The molecule has 0 fully saturated rings. The third-order valence-corrected chi connectivity index (χ3v) is 12.6. The molecular formula is C51H34N4OS. The molecule has 4 heterocycles. The molecule has 0 saturated heterocycles. The lowest BCUT2D eigenvalue weighted by Gasteiger charge is -2.32. The maximum Gasteiger partial charge on any atom is 0.143 e. The minimum absolute atomic E-state index is 0.0924. The van der Waals surface area contributed by atoms with Crippen LogP contribution in [0.25, 0.3) is 80.7 Å². The van der Waals surface area contributed by atoms with E-state index in [-0.39, 0.29) is 12.3 Å². The zero-order chi connectivity index (χ0) is 37.5. The maximum absolute atomic E-state index is 6.83. The van der Waals surface area contributed by atoms with Crippen LogP contribution >= 0.6 is 11.3 Å². The molecule has 1 aliphatic heterocycles. The van der Waals surface area contributed by atoms with Gasteiger partial charge in [-0.25, -0.2) is 4.99 Å². The van der Waals surface area contributed by atoms with Gasteiger partial charge in [-0.1, -0.05) is 133 Å². The number of para-hydroxylation sites is 3. The molecule has 5 nitrogen and oxygen atoms in total. The van der Waals surface area contributed by atoms with Gasteiger partial charge in [0.25, 0.3) is 0 Å². The minimum Gasteiger partial charge on any atom is -0.455 e. The fourth-order valence-corrected chi connectivity index (χ4v) is 9.91. The zero-order valence-corrected chi connectivity index (χ0v) is 31.5. The van der Waals surface area contributed by atoms with Crippen LogP contribution in [0.4, 0.5) is 0 Å². The number of thiophene rings is 1. The summed E-state index contributed by atoms with van der Waals surface area (Å²) in [7, 11) is 0. The SMILES string of the molecule is c1ccc(C2=NC(c3ccc4sc5ccc(-c6cccc7c6oc6cccc(-n8c9ccccc9c9ccccc98)c67)cc5c4c3)NC(c3ccccc3)N2)cc1. The van der Waals surface area contributed by atoms with Gasteiger partial charge in [-0.05, 0) is 65.2 Å². The molecule has 8 aromatic carbocycles. The summed E-state index contributed by atoms with van der Waals surface area (Å²) in [4.78, 5) is 5.23. The largest absolute Gasteiger partial charge is 0.455 e. The van der Waals surface area contributed by atoms with Gasteiger partial charge in [0.2, 0.25) is 0 Å². The van der Waals surface area contributed by atoms with Crippen LogP contribution in [-0.2, 0) is 0 Å². The molecule has 12 rings (SSSR count). The van der Waals surface area contributed by atoms with Gasteiger partial charge < -0.3 is 14.3 Å². The van der Waals surface area contributed by atoms with Crippen molar-refractivity contribution in [1.29, 1.82) is 0 Å². The normalized spacial score (nSPS) is 15.9. The van der Waals surface area contributed by atoms with Crippen molar-refractivity contribution in [1.82, 2.24) is 15.2 Å². The van der Waals surface area contributed by atoms with Crippen molar-refractivity contribution in [2.45, 2.75) is 12.3 Å². The van der Waals surface area contributed by atoms with Crippen molar-refractivity contribution in [2.75, 3.05) is 0 Å². The molecule has 3 aromatic heterocycles. The average molecular weight is 751 g/mol. The Morgan fingerprint density at radius 1 is 0.526 bits per heavy atom. The summed E-state index contributed by atoms with van der Waals surface area (Å²) in [6, 6.07) is 64.9. The van der Waals surface area contributed by atoms with E-state index in [0.29, 0.717) is 0 Å². The van der Waals surface area contributed by atoms with Gasteiger partial charge in [0.1, 0.15) is 29.3 Å². The molecule has 0 spiro atoms. The first-order valence-corrected chi connectivity index (χ1v) is 20.2. The summed E-state index contributed by atoms with van der Waals surface area (Å²) in [6.45, 7) is 0. The Morgan fingerprint density at radius 3 is 1.98 bits per heavy atom. The molecule has 0 radical (unpaired) electrons. The van der Waals surface area contributed by atoms with Crippen molar-refractivity contribution < 1.29 is 4.42 Å². The Labute approximate surface area is 332 Å². The van der Waals surface area contributed by atoms with E-state index in [0.717, 1.165) is 55.7 Å². The number of aliphatic imine (C=N–C) groups is 1. The monoisotopic (exact) mass is 750 g/mol. The summed E-state index contributed by atoms with van der Waals surface area (Å²) in [5.41, 5.74) is 10.8. The Hall–Kier alpha value is -6.99. The van der Waals surface area contributed by atoms with E-state index >= 15 is 0 Å². The number of hydrogen-bond acceptors (Lipinski definition) is 5. The Balaban J connectivity index is 0.990. The number of hydrogen-bond donors (Lipinski definition) is 2. The smallest absolute Gasteiger partial charge is 0.143 e. The predicted molar refractivity (Wildman–Crippen MR) is 238 cm³/mol. The molecule has 0 amide bonds. The number of amidine groups is 1. The first-order chi connectivity index (χ1) is 28.2. The molecular weight excluding hydrogens is 717 g/mol. The second-order valence-electron chi connectivity index (χ2n) is 14.8. The lowest BCUT2D eigenvalue weighted by molar-refractivity contribution is 0.409. The predicted octanol–water partition coefficient (Wildman–Crippen LogP) is 13.1. The van der Waals surface area contributed by atoms with Crippen LogP contribution in [0, 0.1) is 0 Å². The fourth-order valence-electron chi connectivity index (χ4n) is 8.85. The van der Waals surface area contributed by atoms with Crippen LogP contribution in [0.1, 0.15) is 29.0 Å². The van der Waals surface area contributed by atoms with Gasteiger partial charge in [-0.3, -0.25) is 5.32 Å². The zero-order valence-electron chi connectivity index (χ0n) is 30.7. The molecule has 11 aromatic rings. The van der Waals surface area contributed by atoms with E-state index in [1.165, 1.54) is 47.5 Å². The minimum atomic E-state index is -0.234. The van der Waals surface area contributed by atoms with Crippen molar-refractivity contribution in [2.24, 2.45) is 4.99 Å². The van der Waals surface area contributed by atoms with E-state index in [9.17, 15) is 0 Å². The lowest BCUT2D eigenvalue weighted by Crippen LogP contribution is -2.44. The Kier molecular flexibility index (Phi) is 7.24. The molecule has 270 valence electrons. The van der Waals surface area contributed by atoms with Crippen LogP contribution < -0.4 is 10.6 Å². The second kappa shape index (κ2) is 12.8. The van der Waals surface area contributed by atoms with E-state index < -0.39 is 0 Å². The molecule has 0 saturated carbocycles. The number of rotatable bonds is 5. The maximum atomic E-state index is 6.83. The molecule has 6 heteroatoms. The Morgan fingerprint density at radius 2 is 1.19 bits per heavy atom. The Bertz CT molecular complexity index is 3320. The number of benzene rings is 8. The number of nitrogens with zero attached hydrogens (tertiary/aromatic N) is 2. The van der Waals surface area contributed by atoms with Crippen LogP contribution in [0.5, 0.6) is 0 Å². The highest BCUT2D eigenvalue weighted by Gasteiger charge is 2.26. The first-order valence-electron chi connectivity index (χ1n) is 19.4. The van der Waals surface area contributed by atoms with Crippen LogP contribution in [0.3, 0.4) is 0 Å². The summed E-state index contributed by atoms with van der Waals surface area (Å²) in [6.07, 6.45) is -0.326. The van der Waals surface area contributed by atoms with Crippen molar-refractivity contribution in [3.05, 3.63) is 199 Å². The molecule has 2 unspecified atom stereocenters. The van der Waals surface area contributed by atoms with E-state index in [1.807, 2.05) is 17.4 Å². The summed E-state index contributed by atoms with van der Waals surface area (Å²) >= 11 is 1.83. The van der Waals surface area contributed by atoms with Gasteiger partial charge >= 0.3 is 0 Å². The lowest BCUT2D eigenvalue weighted by atomic mass is 9.99. The van der Waals surface area contributed by atoms with Gasteiger partial charge in [0, 0.05) is 47.5 Å². The summed E-state index contributed by atoms with van der Waals surface area (Å²) in [5.74, 6) is 0.881. The molecule has 2 N–H and O–H groups in total. The van der Waals surface area contributed by atoms with Crippen molar-refractivity contribution in [3.8, 4) is 16.8 Å². The first kappa shape index (κ1) is 32.3. The molecule has 0 bridgehead atoms. The molecule has 2 atom stereocenters. The van der Waals surface area contributed by atoms with Gasteiger partial charge in [0.05, 0.1) is 22.1 Å². The average Bonchev–Trinajstić information content (AvgIpc) is 3.96. The van der Waals surface area contributed by atoms with Crippen molar-refractivity contribution >= 4 is 81.1 Å². The third-order valence-electron chi connectivity index (χ3n) is 11.5. The topological polar surface area (TPSA) is 54.5 Å². The number of aromatic nitrogens is 1. The highest BCUT2D eigenvalue weighted by molar-refractivity contribution is 7.25. The standard InChI is InChI=1S/C51H34N4OS/c1-3-13-31(14-4-1)49-52-50(32-15-5-2-6-16-32)54-51(53-49)34-26-28-46-40(30-34)39-29-33(25-27-45(39)57-46)35-19-11-20-38-47-43(23-12-24-44(47)56-48(35)38)55-41-21-9-7-17-36(41)37-18-8-10-22-42(37)55/h1-30,49,51,53H,(H,52,54). The fraction of sp³-hybridized carbons (Fsp3) is 0.0392. The summed E-state index contributed by atoms with van der Waals surface area (Å²) in [5, 5.41) is 14.6.